The Morgan fingerprint density at radius 2 is 2.09 bits per heavy atom. The van der Waals surface area contributed by atoms with Gasteiger partial charge in [-0.15, -0.1) is 0 Å². The van der Waals surface area contributed by atoms with Gasteiger partial charge in [-0.3, -0.25) is 4.79 Å². The average molecular weight is 302 g/mol. The van der Waals surface area contributed by atoms with Gasteiger partial charge in [0.25, 0.3) is 5.91 Å². The van der Waals surface area contributed by atoms with Gasteiger partial charge in [0.15, 0.2) is 0 Å². The summed E-state index contributed by atoms with van der Waals surface area (Å²) in [7, 11) is 0. The number of nitrogens with zero attached hydrogens (tertiary/aromatic N) is 3. The Hall–Kier alpha value is -3.26. The number of amides is 1. The number of nitriles is 1. The van der Waals surface area contributed by atoms with Crippen LogP contribution in [0.5, 0.6) is 0 Å². The number of rotatable bonds is 3. The van der Waals surface area contributed by atoms with Crippen LogP contribution in [0, 0.1) is 11.3 Å². The first-order valence-corrected chi connectivity index (χ1v) is 7.27. The molecular formula is C18H14N4O. The van der Waals surface area contributed by atoms with E-state index in [2.05, 4.69) is 21.6 Å². The third kappa shape index (κ3) is 2.87. The molecule has 112 valence electrons. The van der Waals surface area contributed by atoms with Crippen LogP contribution >= 0.6 is 0 Å². The van der Waals surface area contributed by atoms with Crippen LogP contribution in [-0.2, 0) is 6.42 Å². The minimum absolute atomic E-state index is 0.240. The monoisotopic (exact) mass is 302 g/mol. The van der Waals surface area contributed by atoms with Gasteiger partial charge in [-0.05, 0) is 36.2 Å². The summed E-state index contributed by atoms with van der Waals surface area (Å²) in [6.07, 6.45) is 2.19. The maximum absolute atomic E-state index is 12.6. The molecule has 1 heterocycles. The number of carbonyl (C=O) groups excluding carboxylic acids is 1. The van der Waals surface area contributed by atoms with Crippen molar-refractivity contribution in [1.82, 2.24) is 10.2 Å². The fourth-order valence-corrected chi connectivity index (χ4v) is 2.46. The minimum atomic E-state index is -0.240. The summed E-state index contributed by atoms with van der Waals surface area (Å²) in [5, 5.41) is 20.5. The van der Waals surface area contributed by atoms with Crippen molar-refractivity contribution >= 4 is 22.5 Å². The molecule has 1 aromatic heterocycles. The molecule has 0 saturated heterocycles. The number of benzene rings is 2. The zero-order valence-electron chi connectivity index (χ0n) is 12.6. The van der Waals surface area contributed by atoms with Crippen molar-refractivity contribution in [3.8, 4) is 6.07 Å². The van der Waals surface area contributed by atoms with E-state index >= 15 is 0 Å². The van der Waals surface area contributed by atoms with Gasteiger partial charge >= 0.3 is 0 Å². The molecule has 0 radical (unpaired) electrons. The molecule has 1 N–H and O–H groups in total. The predicted molar refractivity (Wildman–Crippen MR) is 88.0 cm³/mol. The fraction of sp³-hybridized carbons (Fsp3) is 0.111. The van der Waals surface area contributed by atoms with Gasteiger partial charge in [0.2, 0.25) is 0 Å². The standard InChI is InChI=1S/C18H14N4O/c1-2-13-9-12(10-19)7-8-16(13)21-18(23)15-11-20-22-17-6-4-3-5-14(15)17/h3-9,11H,2H2,1H3,(H,21,23). The van der Waals surface area contributed by atoms with Crippen LogP contribution in [0.3, 0.4) is 0 Å². The zero-order chi connectivity index (χ0) is 16.2. The lowest BCUT2D eigenvalue weighted by molar-refractivity contribution is 0.102. The summed E-state index contributed by atoms with van der Waals surface area (Å²) in [6, 6.07) is 14.7. The Labute approximate surface area is 133 Å². The van der Waals surface area contributed by atoms with Gasteiger partial charge < -0.3 is 5.32 Å². The molecule has 1 amide bonds. The molecule has 0 unspecified atom stereocenters. The maximum atomic E-state index is 12.6. The first-order valence-electron chi connectivity index (χ1n) is 7.27. The lowest BCUT2D eigenvalue weighted by Gasteiger charge is -2.11. The Balaban J connectivity index is 1.97. The second-order valence-electron chi connectivity index (χ2n) is 5.07. The molecule has 0 saturated carbocycles. The van der Waals surface area contributed by atoms with Crippen molar-refractivity contribution in [1.29, 1.82) is 5.26 Å². The molecule has 0 aliphatic rings. The van der Waals surface area contributed by atoms with Crippen LogP contribution in [0.15, 0.2) is 48.7 Å². The van der Waals surface area contributed by atoms with Crippen LogP contribution < -0.4 is 5.32 Å². The molecule has 0 spiro atoms. The number of nitrogens with one attached hydrogen (secondary N) is 1. The van der Waals surface area contributed by atoms with Crippen LogP contribution in [0.25, 0.3) is 10.9 Å². The molecule has 2 aromatic carbocycles. The Morgan fingerprint density at radius 1 is 1.26 bits per heavy atom. The van der Waals surface area contributed by atoms with Crippen LogP contribution in [0.2, 0.25) is 0 Å². The zero-order valence-corrected chi connectivity index (χ0v) is 12.6. The Bertz CT molecular complexity index is 922. The first-order chi connectivity index (χ1) is 11.2. The molecule has 23 heavy (non-hydrogen) atoms. The minimum Gasteiger partial charge on any atom is -0.322 e. The van der Waals surface area contributed by atoms with Crippen molar-refractivity contribution in [2.24, 2.45) is 0 Å². The van der Waals surface area contributed by atoms with E-state index < -0.39 is 0 Å². The number of anilines is 1. The average Bonchev–Trinajstić information content (AvgIpc) is 2.61. The number of hydrogen-bond donors (Lipinski definition) is 1. The molecule has 5 nitrogen and oxygen atoms in total. The van der Waals surface area contributed by atoms with E-state index in [4.69, 9.17) is 5.26 Å². The molecule has 0 bridgehead atoms. The maximum Gasteiger partial charge on any atom is 0.257 e. The van der Waals surface area contributed by atoms with Crippen molar-refractivity contribution in [2.75, 3.05) is 5.32 Å². The van der Waals surface area contributed by atoms with E-state index in [0.29, 0.717) is 22.3 Å². The van der Waals surface area contributed by atoms with Crippen molar-refractivity contribution in [3.05, 3.63) is 65.4 Å². The number of aryl methyl sites for hydroxylation is 1. The molecular weight excluding hydrogens is 288 g/mol. The van der Waals surface area contributed by atoms with Gasteiger partial charge in [0, 0.05) is 11.1 Å². The third-order valence-corrected chi connectivity index (χ3v) is 3.65. The summed E-state index contributed by atoms with van der Waals surface area (Å²) >= 11 is 0. The smallest absolute Gasteiger partial charge is 0.257 e. The third-order valence-electron chi connectivity index (χ3n) is 3.65. The van der Waals surface area contributed by atoms with Crippen LogP contribution in [0.1, 0.15) is 28.4 Å². The molecule has 5 heteroatoms. The van der Waals surface area contributed by atoms with E-state index in [0.717, 1.165) is 17.4 Å². The summed E-state index contributed by atoms with van der Waals surface area (Å²) in [5.41, 5.74) is 3.36. The Morgan fingerprint density at radius 3 is 2.87 bits per heavy atom. The number of hydrogen-bond acceptors (Lipinski definition) is 4. The van der Waals surface area contributed by atoms with E-state index in [1.54, 1.807) is 18.2 Å². The van der Waals surface area contributed by atoms with Gasteiger partial charge in [-0.25, -0.2) is 0 Å². The summed E-state index contributed by atoms with van der Waals surface area (Å²) in [5.74, 6) is -0.240. The quantitative estimate of drug-likeness (QED) is 0.805. The molecule has 0 atom stereocenters. The van der Waals surface area contributed by atoms with E-state index in [9.17, 15) is 4.79 Å². The van der Waals surface area contributed by atoms with Gasteiger partial charge in [-0.2, -0.15) is 15.5 Å². The number of fused-ring (bicyclic) bond motifs is 1. The molecule has 0 aliphatic heterocycles. The molecule has 0 aliphatic carbocycles. The molecule has 0 fully saturated rings. The highest BCUT2D eigenvalue weighted by Gasteiger charge is 2.13. The first kappa shape index (κ1) is 14.7. The second-order valence-corrected chi connectivity index (χ2v) is 5.07. The van der Waals surface area contributed by atoms with E-state index in [1.807, 2.05) is 31.2 Å². The molecule has 3 rings (SSSR count). The van der Waals surface area contributed by atoms with Crippen LogP contribution in [0.4, 0.5) is 5.69 Å². The van der Waals surface area contributed by atoms with E-state index in [-0.39, 0.29) is 5.91 Å². The van der Waals surface area contributed by atoms with Crippen molar-refractivity contribution in [2.45, 2.75) is 13.3 Å². The largest absolute Gasteiger partial charge is 0.322 e. The summed E-state index contributed by atoms with van der Waals surface area (Å²) in [4.78, 5) is 12.6. The lowest BCUT2D eigenvalue weighted by atomic mass is 10.1. The predicted octanol–water partition coefficient (Wildman–Crippen LogP) is 3.32. The lowest BCUT2D eigenvalue weighted by Crippen LogP contribution is -2.14. The van der Waals surface area contributed by atoms with Gasteiger partial charge in [-0.1, -0.05) is 25.1 Å². The SMILES string of the molecule is CCc1cc(C#N)ccc1NC(=O)c1cnnc2ccccc12. The fourth-order valence-electron chi connectivity index (χ4n) is 2.46. The van der Waals surface area contributed by atoms with Crippen LogP contribution in [-0.4, -0.2) is 16.1 Å². The number of aromatic nitrogens is 2. The normalized spacial score (nSPS) is 10.3. The second kappa shape index (κ2) is 6.24. The highest BCUT2D eigenvalue weighted by Crippen LogP contribution is 2.21. The highest BCUT2D eigenvalue weighted by molar-refractivity contribution is 6.12. The van der Waals surface area contributed by atoms with Gasteiger partial charge in [0.1, 0.15) is 0 Å². The van der Waals surface area contributed by atoms with Gasteiger partial charge in [0.05, 0.1) is 28.9 Å². The Kier molecular flexibility index (Phi) is 3.98. The van der Waals surface area contributed by atoms with Crippen molar-refractivity contribution < 1.29 is 4.79 Å². The summed E-state index contributed by atoms with van der Waals surface area (Å²) < 4.78 is 0. The molecule has 3 aromatic rings. The topological polar surface area (TPSA) is 78.7 Å². The highest BCUT2D eigenvalue weighted by atomic mass is 16.1. The number of carbonyl (C=O) groups is 1. The van der Waals surface area contributed by atoms with Crippen molar-refractivity contribution in [3.63, 3.8) is 0 Å². The summed E-state index contributed by atoms with van der Waals surface area (Å²) in [6.45, 7) is 1.98. The van der Waals surface area contributed by atoms with E-state index in [1.165, 1.54) is 6.20 Å².